The quantitative estimate of drug-likeness (QED) is 0.0591. The van der Waals surface area contributed by atoms with E-state index in [1.54, 1.807) is 14.2 Å². The maximum Gasteiger partial charge on any atom is 0.119 e. The van der Waals surface area contributed by atoms with Crippen LogP contribution in [0.4, 0.5) is 85.3 Å². The normalized spacial score (nSPS) is 10.5. The summed E-state index contributed by atoms with van der Waals surface area (Å²) >= 11 is 0. The molecule has 0 N–H and O–H groups in total. The van der Waals surface area contributed by atoms with Crippen molar-refractivity contribution in [2.75, 3.05) is 38.7 Å². The molecular weight excluding hydrogens is 1540 g/mol. The first-order valence-electron chi connectivity index (χ1n) is 42.6. The third-order valence-electron chi connectivity index (χ3n) is 22.2. The summed E-state index contributed by atoms with van der Waals surface area (Å²) in [6, 6.07) is 156. The first-order valence-corrected chi connectivity index (χ1v) is 42.6. The number of nitrogens with zero attached hydrogens (tertiary/aromatic N) is 5. The van der Waals surface area contributed by atoms with Gasteiger partial charge in [-0.05, 0) is 280 Å². The van der Waals surface area contributed by atoms with Gasteiger partial charge in [0.05, 0.1) is 19.9 Å². The number of ether oxygens (including phenoxy) is 2. The van der Waals surface area contributed by atoms with E-state index < -0.39 is 0 Å². The van der Waals surface area contributed by atoms with Crippen LogP contribution in [-0.4, -0.2) is 14.2 Å². The molecule has 0 atom stereocenters. The van der Waals surface area contributed by atoms with Gasteiger partial charge in [-0.3, -0.25) is 0 Å². The summed E-state index contributed by atoms with van der Waals surface area (Å²) in [5, 5.41) is 7.78. The Morgan fingerprint density at radius 1 is 0.189 bits per heavy atom. The molecule has 0 unspecified atom stereocenters. The molecule has 0 aliphatic rings. The number of anilines is 15. The van der Waals surface area contributed by atoms with Crippen molar-refractivity contribution in [2.45, 2.75) is 13.8 Å². The van der Waals surface area contributed by atoms with E-state index in [4.69, 9.17) is 9.47 Å². The van der Waals surface area contributed by atoms with Crippen LogP contribution in [0.2, 0.25) is 0 Å². The molecule has 0 fully saturated rings. The Morgan fingerprint density at radius 3 is 0.701 bits per heavy atom. The molecule has 7 nitrogen and oxygen atoms in total. The highest BCUT2D eigenvalue weighted by Crippen LogP contribution is 2.46. The summed E-state index contributed by atoms with van der Waals surface area (Å²) < 4.78 is 10.5. The lowest BCUT2D eigenvalue weighted by Crippen LogP contribution is -2.10. The van der Waals surface area contributed by atoms with Crippen molar-refractivity contribution in [3.05, 3.63) is 521 Å². The molecule has 0 radical (unpaired) electrons. The highest BCUT2D eigenvalue weighted by Gasteiger charge is 2.21. The Kier molecular flexibility index (Phi) is 28.2. The summed E-state index contributed by atoms with van der Waals surface area (Å²) in [6.45, 7) is 23.4. The van der Waals surface area contributed by atoms with Crippen LogP contribution in [0.15, 0.2) is 482 Å². The zero-order valence-corrected chi connectivity index (χ0v) is 72.2. The minimum atomic E-state index is 0.834. The molecule has 19 rings (SSSR count). The molecule has 0 saturated heterocycles. The molecule has 0 heterocycles. The average Bonchev–Trinajstić information content (AvgIpc) is 0.730. The van der Waals surface area contributed by atoms with Gasteiger partial charge in [-0.25, -0.2) is 0 Å². The number of para-hydroxylation sites is 4. The predicted molar refractivity (Wildman–Crippen MR) is 548 cm³/mol. The van der Waals surface area contributed by atoms with E-state index in [0.717, 1.165) is 119 Å². The molecule has 618 valence electrons. The molecular formula is C120H101N5O2. The number of methoxy groups -OCH3 is 2. The third-order valence-corrected chi connectivity index (χ3v) is 22.2. The van der Waals surface area contributed by atoms with E-state index in [1.807, 2.05) is 103 Å². The number of aryl methyl sites for hydroxylation is 2. The van der Waals surface area contributed by atoms with Gasteiger partial charge >= 0.3 is 0 Å². The van der Waals surface area contributed by atoms with Crippen molar-refractivity contribution in [1.82, 2.24) is 0 Å². The highest BCUT2D eigenvalue weighted by molar-refractivity contribution is 6.26. The highest BCUT2D eigenvalue weighted by atomic mass is 16.5. The zero-order valence-electron chi connectivity index (χ0n) is 72.2. The molecule has 7 heteroatoms. The van der Waals surface area contributed by atoms with Crippen LogP contribution in [-0.2, 0) is 0 Å². The van der Waals surface area contributed by atoms with E-state index in [9.17, 15) is 0 Å². The van der Waals surface area contributed by atoms with E-state index in [0.29, 0.717) is 0 Å². The van der Waals surface area contributed by atoms with Gasteiger partial charge in [0.15, 0.2) is 0 Å². The van der Waals surface area contributed by atoms with E-state index in [2.05, 4.69) is 447 Å². The second kappa shape index (κ2) is 41.9. The fourth-order valence-corrected chi connectivity index (χ4v) is 15.5. The monoisotopic (exact) mass is 1640 g/mol. The largest absolute Gasteiger partial charge is 0.497 e. The smallest absolute Gasteiger partial charge is 0.119 e. The average molecular weight is 1650 g/mol. The minimum Gasteiger partial charge on any atom is -0.497 e. The fourth-order valence-electron chi connectivity index (χ4n) is 15.5. The molecule has 19 aromatic rings. The second-order valence-electron chi connectivity index (χ2n) is 30.4. The fraction of sp³-hybridized carbons (Fsp3) is 0.0333. The predicted octanol–water partition coefficient (Wildman–Crippen LogP) is 34.2. The van der Waals surface area contributed by atoms with Crippen molar-refractivity contribution in [3.63, 3.8) is 0 Å². The van der Waals surface area contributed by atoms with E-state index >= 15 is 0 Å². The topological polar surface area (TPSA) is 34.7 Å². The summed E-state index contributed by atoms with van der Waals surface area (Å²) in [6.07, 6.45) is 9.32. The second-order valence-corrected chi connectivity index (χ2v) is 30.4. The Bertz CT molecular complexity index is 6590. The molecule has 0 aliphatic carbocycles. The first-order chi connectivity index (χ1) is 62.5. The van der Waals surface area contributed by atoms with Gasteiger partial charge < -0.3 is 34.0 Å². The van der Waals surface area contributed by atoms with Gasteiger partial charge in [0.25, 0.3) is 0 Å². The molecule has 0 aliphatic heterocycles. The van der Waals surface area contributed by atoms with Gasteiger partial charge in [-0.1, -0.05) is 323 Å². The maximum absolute atomic E-state index is 5.27. The van der Waals surface area contributed by atoms with Crippen molar-refractivity contribution in [1.29, 1.82) is 0 Å². The summed E-state index contributed by atoms with van der Waals surface area (Å²) in [5.74, 6) is 1.67. The molecule has 0 aromatic heterocycles. The molecule has 0 amide bonds. The third kappa shape index (κ3) is 20.8. The van der Waals surface area contributed by atoms with Crippen LogP contribution >= 0.6 is 0 Å². The van der Waals surface area contributed by atoms with Gasteiger partial charge in [-0.2, -0.15) is 0 Å². The van der Waals surface area contributed by atoms with Gasteiger partial charge in [0, 0.05) is 85.0 Å². The first kappa shape index (κ1) is 85.5. The van der Waals surface area contributed by atoms with Crippen LogP contribution in [0.5, 0.6) is 11.5 Å². The van der Waals surface area contributed by atoms with Crippen LogP contribution in [0.1, 0.15) is 38.9 Å². The van der Waals surface area contributed by atoms with Crippen molar-refractivity contribution in [3.8, 4) is 22.6 Å². The van der Waals surface area contributed by atoms with Crippen LogP contribution in [0, 0.1) is 13.8 Å². The lowest BCUT2D eigenvalue weighted by atomic mass is 9.93. The SMILES string of the molecule is C=Cc1ccc(N(c2ccc(C)cc2)c2ccc(C)cc2)cc1.C=Cc1ccc(N(c2ccc(OC)cc2)c2ccc(OC)cc2)cc1.C=Cc1ccc(N(c2ccccc2)c2ccc(-c3ccccc3)cc2)cc1.C=Cc1ccc(N(c2ccccc2)c2ccc3ccc4cccc5ccc2c3c45)cc1.C=Cc1ccc(N(c2ccccc2)c2ccccc2)cc1. The summed E-state index contributed by atoms with van der Waals surface area (Å²) in [7, 11) is 3.34. The number of benzene rings is 19. The van der Waals surface area contributed by atoms with Crippen molar-refractivity contribution in [2.24, 2.45) is 0 Å². The molecule has 127 heavy (non-hydrogen) atoms. The summed E-state index contributed by atoms with van der Waals surface area (Å²) in [5.41, 5.74) is 27.5. The van der Waals surface area contributed by atoms with Crippen LogP contribution < -0.4 is 34.0 Å². The number of hydrogen-bond acceptors (Lipinski definition) is 7. The Balaban J connectivity index is 0.000000123. The Labute approximate surface area is 748 Å². The number of hydrogen-bond donors (Lipinski definition) is 0. The number of rotatable bonds is 23. The van der Waals surface area contributed by atoms with Crippen LogP contribution in [0.25, 0.3) is 73.8 Å². The van der Waals surface area contributed by atoms with Crippen molar-refractivity contribution >= 4 is 148 Å². The zero-order chi connectivity index (χ0) is 87.6. The summed E-state index contributed by atoms with van der Waals surface area (Å²) in [4.78, 5) is 11.3. The van der Waals surface area contributed by atoms with E-state index in [1.165, 1.54) is 60.3 Å². The molecule has 0 spiro atoms. The lowest BCUT2D eigenvalue weighted by Gasteiger charge is -2.27. The lowest BCUT2D eigenvalue weighted by molar-refractivity contribution is 0.415. The Hall–Kier alpha value is -16.5. The van der Waals surface area contributed by atoms with Gasteiger partial charge in [0.2, 0.25) is 0 Å². The van der Waals surface area contributed by atoms with E-state index in [-0.39, 0.29) is 0 Å². The maximum atomic E-state index is 5.27. The van der Waals surface area contributed by atoms with Gasteiger partial charge in [0.1, 0.15) is 11.5 Å². The molecule has 0 bridgehead atoms. The standard InChI is InChI=1S/C30H21N.C26H21N.C22H21NO2.C22H21N.C20H17N/c1-2-21-11-17-26(18-12-21)31(25-9-4-3-5-10-25)28-20-16-24-14-13-22-7-6-8-23-15-19-27(28)30(24)29(22)23;1-2-21-13-17-25(18-14-21)27(24-11-7-4-8-12-24)26-19-15-23(16-20-26)22-9-5-3-6-10-22;1-4-17-5-7-18(8-6-17)23(19-9-13-21(24-2)14-10-19)20-11-15-22(25-3)16-12-20;1-4-19-9-15-22(16-10-19)23(20-11-5-17(2)6-12-20)21-13-7-18(3)8-14-21;1-2-17-13-15-20(16-14-17)21(18-9-5-3-6-10-18)19-11-7-4-8-12-19/h2-20H,1H2;2-20H,1H2;4-16H,1H2,2-3H3;4-16H,1H2,2-3H3;2-16H,1H2. The van der Waals surface area contributed by atoms with Gasteiger partial charge in [-0.15, -0.1) is 0 Å². The minimum absolute atomic E-state index is 0.834. The molecule has 0 saturated carbocycles. The van der Waals surface area contributed by atoms with Crippen LogP contribution in [0.3, 0.4) is 0 Å². The Morgan fingerprint density at radius 2 is 0.409 bits per heavy atom. The molecule has 19 aromatic carbocycles. The van der Waals surface area contributed by atoms with Crippen molar-refractivity contribution < 1.29 is 9.47 Å².